The van der Waals surface area contributed by atoms with Crippen molar-refractivity contribution < 1.29 is 4.74 Å². The molecule has 4 nitrogen and oxygen atoms in total. The van der Waals surface area contributed by atoms with Crippen LogP contribution >= 0.6 is 11.5 Å². The molecule has 1 heterocycles. The second-order valence-electron chi connectivity index (χ2n) is 4.45. The average Bonchev–Trinajstić information content (AvgIpc) is 2.53. The second-order valence-corrected chi connectivity index (χ2v) is 5.22. The highest BCUT2D eigenvalue weighted by Gasteiger charge is 2.31. The summed E-state index contributed by atoms with van der Waals surface area (Å²) in [5, 5.41) is 4.33. The van der Waals surface area contributed by atoms with Gasteiger partial charge in [0.1, 0.15) is 0 Å². The van der Waals surface area contributed by atoms with Gasteiger partial charge in [0.05, 0.1) is 7.11 Å². The van der Waals surface area contributed by atoms with Crippen LogP contribution in [-0.4, -0.2) is 18.0 Å². The first-order valence-corrected chi connectivity index (χ1v) is 5.95. The third kappa shape index (κ3) is 2.02. The van der Waals surface area contributed by atoms with Crippen molar-refractivity contribution in [3.05, 3.63) is 0 Å². The first-order chi connectivity index (χ1) is 7.14. The molecule has 15 heavy (non-hydrogen) atoms. The van der Waals surface area contributed by atoms with Crippen molar-refractivity contribution >= 4 is 22.4 Å². The van der Waals surface area contributed by atoms with Crippen LogP contribution in [0.5, 0.6) is 5.75 Å². The molecule has 0 unspecified atom stereocenters. The number of nitrogens with one attached hydrogen (secondary N) is 1. The molecule has 0 bridgehead atoms. The van der Waals surface area contributed by atoms with Crippen LogP contribution in [0.1, 0.15) is 26.2 Å². The van der Waals surface area contributed by atoms with Gasteiger partial charge < -0.3 is 15.8 Å². The summed E-state index contributed by atoms with van der Waals surface area (Å²) in [6.45, 7) is 3.28. The van der Waals surface area contributed by atoms with Gasteiger partial charge in [0, 0.05) is 6.54 Å². The van der Waals surface area contributed by atoms with Gasteiger partial charge in [-0.3, -0.25) is 0 Å². The monoisotopic (exact) mass is 227 g/mol. The zero-order chi connectivity index (χ0) is 10.9. The average molecular weight is 227 g/mol. The normalized spacial score (nSPS) is 18.3. The number of rotatable bonds is 4. The van der Waals surface area contributed by atoms with Gasteiger partial charge in [-0.15, -0.1) is 0 Å². The van der Waals surface area contributed by atoms with Gasteiger partial charge in [-0.2, -0.15) is 4.37 Å². The van der Waals surface area contributed by atoms with E-state index >= 15 is 0 Å². The Kier molecular flexibility index (Phi) is 2.73. The topological polar surface area (TPSA) is 60.2 Å². The first kappa shape index (κ1) is 10.5. The summed E-state index contributed by atoms with van der Waals surface area (Å²) in [5.74, 6) is 1.16. The van der Waals surface area contributed by atoms with E-state index in [-0.39, 0.29) is 0 Å². The molecule has 1 aromatic rings. The van der Waals surface area contributed by atoms with E-state index in [4.69, 9.17) is 10.5 Å². The smallest absolute Gasteiger partial charge is 0.197 e. The van der Waals surface area contributed by atoms with Crippen molar-refractivity contribution in [2.45, 2.75) is 26.2 Å². The van der Waals surface area contributed by atoms with E-state index in [9.17, 15) is 0 Å². The van der Waals surface area contributed by atoms with Crippen LogP contribution in [0.4, 0.5) is 10.8 Å². The molecule has 2 rings (SSSR count). The fourth-order valence-corrected chi connectivity index (χ4v) is 2.53. The highest BCUT2D eigenvalue weighted by molar-refractivity contribution is 7.11. The molecular formula is C10H17N3OS. The zero-order valence-electron chi connectivity index (χ0n) is 9.17. The van der Waals surface area contributed by atoms with E-state index in [1.54, 1.807) is 7.11 Å². The number of nitrogen functional groups attached to an aromatic ring is 1. The molecule has 0 spiro atoms. The lowest BCUT2D eigenvalue weighted by atomic mass is 9.70. The van der Waals surface area contributed by atoms with Gasteiger partial charge in [0.15, 0.2) is 16.6 Å². The van der Waals surface area contributed by atoms with E-state index < -0.39 is 0 Å². The van der Waals surface area contributed by atoms with Crippen LogP contribution < -0.4 is 15.8 Å². The largest absolute Gasteiger partial charge is 0.490 e. The third-order valence-corrected chi connectivity index (χ3v) is 3.91. The van der Waals surface area contributed by atoms with Crippen molar-refractivity contribution in [1.82, 2.24) is 4.37 Å². The number of anilines is 2. The molecule has 1 aliphatic rings. The van der Waals surface area contributed by atoms with Crippen LogP contribution in [0.2, 0.25) is 0 Å². The Bertz CT molecular complexity index is 346. The minimum atomic E-state index is 0.448. The molecule has 0 amide bonds. The van der Waals surface area contributed by atoms with Crippen LogP contribution in [0.25, 0.3) is 0 Å². The summed E-state index contributed by atoms with van der Waals surface area (Å²) in [7, 11) is 1.62. The molecule has 0 aliphatic heterocycles. The fraction of sp³-hybridized carbons (Fsp3) is 0.700. The molecule has 3 N–H and O–H groups in total. The van der Waals surface area contributed by atoms with E-state index in [0.717, 1.165) is 11.5 Å². The van der Waals surface area contributed by atoms with Crippen molar-refractivity contribution in [3.63, 3.8) is 0 Å². The lowest BCUT2D eigenvalue weighted by molar-refractivity contribution is 0.180. The van der Waals surface area contributed by atoms with E-state index in [2.05, 4.69) is 16.6 Å². The zero-order valence-corrected chi connectivity index (χ0v) is 9.99. The molecular weight excluding hydrogens is 210 g/mol. The number of methoxy groups -OCH3 is 1. The Morgan fingerprint density at radius 1 is 1.60 bits per heavy atom. The van der Waals surface area contributed by atoms with Gasteiger partial charge in [0.2, 0.25) is 0 Å². The van der Waals surface area contributed by atoms with Crippen LogP contribution in [0, 0.1) is 5.41 Å². The standard InChI is InChI=1S/C10H17N3OS/c1-10(4-3-5-10)6-12-9-7(14-2)8(11)13-15-9/h12H,3-6H2,1-2H3,(H2,11,13). The Balaban J connectivity index is 1.98. The Morgan fingerprint density at radius 2 is 2.33 bits per heavy atom. The molecule has 0 radical (unpaired) electrons. The summed E-state index contributed by atoms with van der Waals surface area (Å²) in [4.78, 5) is 0. The number of ether oxygens (including phenoxy) is 1. The predicted molar refractivity (Wildman–Crippen MR) is 63.5 cm³/mol. The van der Waals surface area contributed by atoms with E-state index in [1.165, 1.54) is 30.8 Å². The number of aromatic nitrogens is 1. The minimum absolute atomic E-state index is 0.448. The quantitative estimate of drug-likeness (QED) is 0.829. The lowest BCUT2D eigenvalue weighted by Crippen LogP contribution is -2.33. The molecule has 1 saturated carbocycles. The summed E-state index contributed by atoms with van der Waals surface area (Å²) in [5.41, 5.74) is 6.12. The van der Waals surface area contributed by atoms with Gasteiger partial charge >= 0.3 is 0 Å². The first-order valence-electron chi connectivity index (χ1n) is 5.18. The SMILES string of the molecule is COc1c(N)nsc1NCC1(C)CCC1. The van der Waals surface area contributed by atoms with Crippen molar-refractivity contribution in [1.29, 1.82) is 0 Å². The minimum Gasteiger partial charge on any atom is -0.490 e. The molecule has 0 saturated heterocycles. The Hall–Kier alpha value is -0.970. The van der Waals surface area contributed by atoms with Crippen LogP contribution in [-0.2, 0) is 0 Å². The van der Waals surface area contributed by atoms with Crippen molar-refractivity contribution in [2.75, 3.05) is 24.7 Å². The Labute approximate surface area is 94.0 Å². The summed E-state index contributed by atoms with van der Waals surface area (Å²) in [6, 6.07) is 0. The number of nitrogens with two attached hydrogens (primary N) is 1. The molecule has 0 atom stereocenters. The molecule has 5 heteroatoms. The third-order valence-electron chi connectivity index (χ3n) is 3.11. The van der Waals surface area contributed by atoms with E-state index in [0.29, 0.717) is 17.0 Å². The number of nitrogens with zero attached hydrogens (tertiary/aromatic N) is 1. The van der Waals surface area contributed by atoms with Gasteiger partial charge in [-0.1, -0.05) is 13.3 Å². The van der Waals surface area contributed by atoms with Crippen molar-refractivity contribution in [2.24, 2.45) is 5.41 Å². The maximum Gasteiger partial charge on any atom is 0.197 e. The lowest BCUT2D eigenvalue weighted by Gasteiger charge is -2.38. The van der Waals surface area contributed by atoms with Crippen molar-refractivity contribution in [3.8, 4) is 5.75 Å². The number of hydrogen-bond donors (Lipinski definition) is 2. The van der Waals surface area contributed by atoms with Gasteiger partial charge in [0.25, 0.3) is 0 Å². The molecule has 1 aliphatic carbocycles. The molecule has 0 aromatic carbocycles. The second kappa shape index (κ2) is 3.89. The summed E-state index contributed by atoms with van der Waals surface area (Å²) < 4.78 is 9.26. The maximum absolute atomic E-state index is 5.67. The highest BCUT2D eigenvalue weighted by Crippen LogP contribution is 2.42. The van der Waals surface area contributed by atoms with Gasteiger partial charge in [-0.05, 0) is 29.8 Å². The number of hydrogen-bond acceptors (Lipinski definition) is 5. The van der Waals surface area contributed by atoms with Crippen LogP contribution in [0.3, 0.4) is 0 Å². The molecule has 1 aromatic heterocycles. The predicted octanol–water partition coefficient (Wildman–Crippen LogP) is 2.34. The Morgan fingerprint density at radius 3 is 2.87 bits per heavy atom. The summed E-state index contributed by atoms with van der Waals surface area (Å²) >= 11 is 1.36. The fourth-order valence-electron chi connectivity index (χ4n) is 1.85. The molecule has 1 fully saturated rings. The van der Waals surface area contributed by atoms with Gasteiger partial charge in [-0.25, -0.2) is 0 Å². The van der Waals surface area contributed by atoms with E-state index in [1.807, 2.05) is 0 Å². The summed E-state index contributed by atoms with van der Waals surface area (Å²) in [6.07, 6.45) is 3.95. The maximum atomic E-state index is 5.67. The van der Waals surface area contributed by atoms with Crippen LogP contribution in [0.15, 0.2) is 0 Å². The highest BCUT2D eigenvalue weighted by atomic mass is 32.1. The molecule has 84 valence electrons.